The van der Waals surface area contributed by atoms with Crippen LogP contribution in [0.25, 0.3) is 0 Å². The molecule has 0 amide bonds. The normalized spacial score (nSPS) is 11.1. The highest BCUT2D eigenvalue weighted by atomic mass is 127. The number of guanidine groups is 1. The standard InChI is InChI=1S/C22H32N4O.HI/c1-5-23-22(24-16-19-12-10-18(2)11-13-19)25-17-20-8-6-7-9-21(20)27-15-14-26(3)4;/h6-13H,5,14-17H2,1-4H3,(H2,23,24,25);1H. The Morgan fingerprint density at radius 2 is 1.75 bits per heavy atom. The molecule has 0 aliphatic carbocycles. The number of nitrogens with one attached hydrogen (secondary N) is 2. The van der Waals surface area contributed by atoms with Gasteiger partial charge in [-0.05, 0) is 39.6 Å². The highest BCUT2D eigenvalue weighted by Crippen LogP contribution is 2.17. The van der Waals surface area contributed by atoms with Crippen molar-refractivity contribution in [3.05, 3.63) is 65.2 Å². The Balaban J connectivity index is 0.00000392. The molecule has 0 fully saturated rings. The Kier molecular flexibility index (Phi) is 11.6. The van der Waals surface area contributed by atoms with Crippen molar-refractivity contribution in [3.63, 3.8) is 0 Å². The molecule has 0 unspecified atom stereocenters. The monoisotopic (exact) mass is 496 g/mol. The summed E-state index contributed by atoms with van der Waals surface area (Å²) >= 11 is 0. The summed E-state index contributed by atoms with van der Waals surface area (Å²) in [4.78, 5) is 6.80. The minimum Gasteiger partial charge on any atom is -0.492 e. The molecule has 5 nitrogen and oxygen atoms in total. The average Bonchev–Trinajstić information content (AvgIpc) is 2.66. The first kappa shape index (κ1) is 24.2. The van der Waals surface area contributed by atoms with Gasteiger partial charge in [0.2, 0.25) is 0 Å². The molecule has 0 saturated carbocycles. The molecule has 0 aliphatic heterocycles. The number of hydrogen-bond donors (Lipinski definition) is 2. The summed E-state index contributed by atoms with van der Waals surface area (Å²) in [5.41, 5.74) is 3.58. The Labute approximate surface area is 186 Å². The van der Waals surface area contributed by atoms with Crippen LogP contribution in [-0.4, -0.2) is 44.7 Å². The lowest BCUT2D eigenvalue weighted by atomic mass is 10.1. The number of halogens is 1. The fourth-order valence-electron chi connectivity index (χ4n) is 2.51. The number of rotatable bonds is 9. The number of benzene rings is 2. The van der Waals surface area contributed by atoms with Crippen molar-refractivity contribution in [1.82, 2.24) is 15.5 Å². The predicted octanol–water partition coefficient (Wildman–Crippen LogP) is 3.81. The molecule has 0 spiro atoms. The molecule has 0 atom stereocenters. The van der Waals surface area contributed by atoms with E-state index in [1.165, 1.54) is 11.1 Å². The SMILES string of the molecule is CCNC(=NCc1ccc(C)cc1)NCc1ccccc1OCCN(C)C.I. The summed E-state index contributed by atoms with van der Waals surface area (Å²) in [5.74, 6) is 1.72. The van der Waals surface area contributed by atoms with E-state index in [0.29, 0.717) is 19.7 Å². The maximum Gasteiger partial charge on any atom is 0.191 e. The lowest BCUT2D eigenvalue weighted by molar-refractivity contribution is 0.259. The van der Waals surface area contributed by atoms with E-state index in [1.807, 2.05) is 32.3 Å². The smallest absolute Gasteiger partial charge is 0.191 e. The minimum absolute atomic E-state index is 0. The van der Waals surface area contributed by atoms with E-state index in [9.17, 15) is 0 Å². The van der Waals surface area contributed by atoms with E-state index in [0.717, 1.165) is 30.4 Å². The van der Waals surface area contributed by atoms with Crippen molar-refractivity contribution in [2.75, 3.05) is 33.8 Å². The molecular weight excluding hydrogens is 463 g/mol. The summed E-state index contributed by atoms with van der Waals surface area (Å²) in [6.07, 6.45) is 0. The third-order valence-corrected chi connectivity index (χ3v) is 4.10. The zero-order chi connectivity index (χ0) is 19.5. The van der Waals surface area contributed by atoms with Crippen LogP contribution in [0.5, 0.6) is 5.75 Å². The molecule has 2 aromatic rings. The van der Waals surface area contributed by atoms with Gasteiger partial charge in [0.25, 0.3) is 0 Å². The molecule has 2 N–H and O–H groups in total. The van der Waals surface area contributed by atoms with Gasteiger partial charge in [-0.25, -0.2) is 4.99 Å². The number of ether oxygens (including phenoxy) is 1. The first-order valence-corrected chi connectivity index (χ1v) is 9.51. The topological polar surface area (TPSA) is 48.9 Å². The van der Waals surface area contributed by atoms with Crippen molar-refractivity contribution in [2.24, 2.45) is 4.99 Å². The number of likely N-dealkylation sites (N-methyl/N-ethyl adjacent to an activating group) is 1. The van der Waals surface area contributed by atoms with Gasteiger partial charge in [-0.15, -0.1) is 24.0 Å². The van der Waals surface area contributed by atoms with Crippen molar-refractivity contribution in [1.29, 1.82) is 0 Å². The fourth-order valence-corrected chi connectivity index (χ4v) is 2.51. The van der Waals surface area contributed by atoms with Gasteiger partial charge in [0.1, 0.15) is 12.4 Å². The van der Waals surface area contributed by atoms with Gasteiger partial charge in [0.15, 0.2) is 5.96 Å². The Hall–Kier alpha value is -1.80. The molecule has 0 bridgehead atoms. The van der Waals surface area contributed by atoms with Crippen LogP contribution in [0.4, 0.5) is 0 Å². The lowest BCUT2D eigenvalue weighted by Crippen LogP contribution is -2.36. The Bertz CT molecular complexity index is 717. The van der Waals surface area contributed by atoms with Crippen LogP contribution in [-0.2, 0) is 13.1 Å². The highest BCUT2D eigenvalue weighted by Gasteiger charge is 2.05. The third kappa shape index (κ3) is 8.93. The molecule has 0 radical (unpaired) electrons. The van der Waals surface area contributed by atoms with Crippen molar-refractivity contribution >= 4 is 29.9 Å². The Morgan fingerprint density at radius 3 is 2.43 bits per heavy atom. The molecule has 154 valence electrons. The first-order chi connectivity index (χ1) is 13.1. The van der Waals surface area contributed by atoms with E-state index < -0.39 is 0 Å². The van der Waals surface area contributed by atoms with Gasteiger partial charge in [0, 0.05) is 25.2 Å². The maximum absolute atomic E-state index is 5.94. The van der Waals surface area contributed by atoms with Crippen molar-refractivity contribution in [3.8, 4) is 5.75 Å². The highest BCUT2D eigenvalue weighted by molar-refractivity contribution is 14.0. The van der Waals surface area contributed by atoms with Crippen LogP contribution in [0.1, 0.15) is 23.6 Å². The fraction of sp³-hybridized carbons (Fsp3) is 0.409. The molecular formula is C22H33IN4O. The van der Waals surface area contributed by atoms with Gasteiger partial charge >= 0.3 is 0 Å². The number of para-hydroxylation sites is 1. The molecule has 6 heteroatoms. The minimum atomic E-state index is 0. The van der Waals surface area contributed by atoms with Crippen LogP contribution in [0.3, 0.4) is 0 Å². The lowest BCUT2D eigenvalue weighted by Gasteiger charge is -2.16. The number of aliphatic imine (C=N–C) groups is 1. The summed E-state index contributed by atoms with van der Waals surface area (Å²) in [7, 11) is 4.09. The van der Waals surface area contributed by atoms with Crippen LogP contribution in [0, 0.1) is 6.92 Å². The number of hydrogen-bond acceptors (Lipinski definition) is 3. The van der Waals surface area contributed by atoms with Gasteiger partial charge < -0.3 is 20.3 Å². The zero-order valence-corrected chi connectivity index (χ0v) is 19.7. The number of aryl methyl sites for hydroxylation is 1. The van der Waals surface area contributed by atoms with E-state index >= 15 is 0 Å². The zero-order valence-electron chi connectivity index (χ0n) is 17.4. The van der Waals surface area contributed by atoms with E-state index in [4.69, 9.17) is 9.73 Å². The second-order valence-electron chi connectivity index (χ2n) is 6.79. The molecule has 2 rings (SSSR count). The average molecular weight is 496 g/mol. The molecule has 0 heterocycles. The van der Waals surface area contributed by atoms with Gasteiger partial charge in [-0.2, -0.15) is 0 Å². The predicted molar refractivity (Wildman–Crippen MR) is 129 cm³/mol. The quantitative estimate of drug-likeness (QED) is 0.315. The molecule has 0 aliphatic rings. The van der Waals surface area contributed by atoms with Crippen LogP contribution in [0.2, 0.25) is 0 Å². The first-order valence-electron chi connectivity index (χ1n) is 9.51. The molecule has 2 aromatic carbocycles. The molecule has 28 heavy (non-hydrogen) atoms. The van der Waals surface area contributed by atoms with Gasteiger partial charge in [-0.3, -0.25) is 0 Å². The van der Waals surface area contributed by atoms with E-state index in [-0.39, 0.29) is 24.0 Å². The maximum atomic E-state index is 5.94. The second-order valence-corrected chi connectivity index (χ2v) is 6.79. The second kappa shape index (κ2) is 13.4. The summed E-state index contributed by atoms with van der Waals surface area (Å²) in [5, 5.41) is 6.71. The summed E-state index contributed by atoms with van der Waals surface area (Å²) in [6.45, 7) is 7.86. The third-order valence-electron chi connectivity index (χ3n) is 4.10. The van der Waals surface area contributed by atoms with Gasteiger partial charge in [0.05, 0.1) is 6.54 Å². The molecule has 0 aromatic heterocycles. The van der Waals surface area contributed by atoms with Crippen molar-refractivity contribution < 1.29 is 4.74 Å². The summed E-state index contributed by atoms with van der Waals surface area (Å²) in [6, 6.07) is 16.6. The van der Waals surface area contributed by atoms with Crippen LogP contribution >= 0.6 is 24.0 Å². The van der Waals surface area contributed by atoms with Crippen LogP contribution < -0.4 is 15.4 Å². The van der Waals surface area contributed by atoms with Gasteiger partial charge in [-0.1, -0.05) is 48.0 Å². The number of nitrogens with zero attached hydrogens (tertiary/aromatic N) is 2. The van der Waals surface area contributed by atoms with Crippen LogP contribution in [0.15, 0.2) is 53.5 Å². The largest absolute Gasteiger partial charge is 0.492 e. The van der Waals surface area contributed by atoms with Crippen molar-refractivity contribution in [2.45, 2.75) is 26.9 Å². The Morgan fingerprint density at radius 1 is 1.04 bits per heavy atom. The van der Waals surface area contributed by atoms with E-state index in [1.54, 1.807) is 0 Å². The van der Waals surface area contributed by atoms with E-state index in [2.05, 4.69) is 59.7 Å². The molecule has 0 saturated heterocycles. The summed E-state index contributed by atoms with van der Waals surface area (Å²) < 4.78 is 5.94.